The van der Waals surface area contributed by atoms with Crippen LogP contribution in [0.4, 0.5) is 0 Å². The summed E-state index contributed by atoms with van der Waals surface area (Å²) < 4.78 is 22.9. The van der Waals surface area contributed by atoms with Crippen molar-refractivity contribution in [2.75, 3.05) is 13.0 Å². The molecule has 1 heterocycles. The molecule has 0 saturated heterocycles. The van der Waals surface area contributed by atoms with E-state index in [-0.39, 0.29) is 19.6 Å². The van der Waals surface area contributed by atoms with Gasteiger partial charge in [-0.05, 0) is 31.0 Å². The second kappa shape index (κ2) is 9.07. The molecule has 0 radical (unpaired) electrons. The van der Waals surface area contributed by atoms with Crippen LogP contribution in [0.1, 0.15) is 25.3 Å². The van der Waals surface area contributed by atoms with Gasteiger partial charge in [-0.1, -0.05) is 6.07 Å². The number of amides is 1. The first-order valence-corrected chi connectivity index (χ1v) is 10.4. The van der Waals surface area contributed by atoms with Crippen molar-refractivity contribution in [2.45, 2.75) is 32.0 Å². The molecule has 11 heteroatoms. The molecule has 4 N–H and O–H groups in total. The molecule has 3 unspecified atom stereocenters. The number of ether oxygens (including phenoxy) is 2. The normalized spacial score (nSPS) is 16.6. The van der Waals surface area contributed by atoms with Crippen LogP contribution in [0.5, 0.6) is 11.5 Å². The number of carboxylic acid groups (broad SMARTS) is 2. The maximum Gasteiger partial charge on any atom is 0.307 e. The van der Waals surface area contributed by atoms with Gasteiger partial charge in [-0.25, -0.2) is 0 Å². The molecule has 1 aliphatic rings. The first-order chi connectivity index (χ1) is 13.1. The van der Waals surface area contributed by atoms with E-state index in [0.717, 1.165) is 0 Å². The Kier molecular flexibility index (Phi) is 7.04. The molecule has 0 bridgehead atoms. The molecule has 1 aromatic carbocycles. The summed E-state index contributed by atoms with van der Waals surface area (Å²) in [5.74, 6) is -4.45. The quantitative estimate of drug-likeness (QED) is 0.413. The van der Waals surface area contributed by atoms with Crippen molar-refractivity contribution in [3.63, 3.8) is 0 Å². The third-order valence-electron chi connectivity index (χ3n) is 4.31. The topological polar surface area (TPSA) is 159 Å². The first-order valence-electron chi connectivity index (χ1n) is 8.52. The highest BCUT2D eigenvalue weighted by Crippen LogP contribution is 2.47. The van der Waals surface area contributed by atoms with Gasteiger partial charge < -0.3 is 29.9 Å². The van der Waals surface area contributed by atoms with Crippen LogP contribution < -0.4 is 14.8 Å². The highest BCUT2D eigenvalue weighted by atomic mass is 31.2. The Bertz CT molecular complexity index is 810. The van der Waals surface area contributed by atoms with E-state index in [9.17, 15) is 23.8 Å². The van der Waals surface area contributed by atoms with E-state index in [4.69, 9.17) is 19.7 Å². The number of benzene rings is 1. The highest BCUT2D eigenvalue weighted by Gasteiger charge is 2.34. The lowest BCUT2D eigenvalue weighted by Gasteiger charge is -2.23. The smallest absolute Gasteiger partial charge is 0.307 e. The minimum Gasteiger partial charge on any atom is -0.481 e. The van der Waals surface area contributed by atoms with Gasteiger partial charge in [0.05, 0.1) is 12.3 Å². The summed E-state index contributed by atoms with van der Waals surface area (Å²) in [5, 5.41) is 20.2. The van der Waals surface area contributed by atoms with Gasteiger partial charge in [-0.2, -0.15) is 0 Å². The molecule has 2 rings (SSSR count). The van der Waals surface area contributed by atoms with Crippen LogP contribution in [0, 0.1) is 5.92 Å². The van der Waals surface area contributed by atoms with Crippen LogP contribution in [0.2, 0.25) is 0 Å². The summed E-state index contributed by atoms with van der Waals surface area (Å²) in [6, 6.07) is 4.96. The van der Waals surface area contributed by atoms with Gasteiger partial charge in [-0.3, -0.25) is 18.9 Å². The van der Waals surface area contributed by atoms with Crippen molar-refractivity contribution in [3.05, 3.63) is 23.8 Å². The molecule has 0 aromatic heterocycles. The van der Waals surface area contributed by atoms with Gasteiger partial charge in [0.2, 0.25) is 20.1 Å². The Hall–Kier alpha value is -2.58. The lowest BCUT2D eigenvalue weighted by atomic mass is 10.1. The zero-order chi connectivity index (χ0) is 20.9. The Morgan fingerprint density at radius 1 is 1.21 bits per heavy atom. The predicted molar refractivity (Wildman–Crippen MR) is 96.6 cm³/mol. The highest BCUT2D eigenvalue weighted by molar-refractivity contribution is 7.58. The van der Waals surface area contributed by atoms with Gasteiger partial charge in [0.1, 0.15) is 5.78 Å². The van der Waals surface area contributed by atoms with Gasteiger partial charge in [-0.15, -0.1) is 0 Å². The maximum absolute atomic E-state index is 12.5. The Morgan fingerprint density at radius 3 is 2.54 bits per heavy atom. The molecule has 154 valence electrons. The molecule has 1 amide bonds. The molecule has 3 atom stereocenters. The van der Waals surface area contributed by atoms with Crippen LogP contribution >= 0.6 is 7.37 Å². The zero-order valence-electron chi connectivity index (χ0n) is 15.2. The third-order valence-corrected chi connectivity index (χ3v) is 6.62. The minimum atomic E-state index is -4.08. The van der Waals surface area contributed by atoms with Crippen molar-refractivity contribution in [2.24, 2.45) is 5.92 Å². The zero-order valence-corrected chi connectivity index (χ0v) is 16.1. The number of carbonyl (C=O) groups excluding carboxylic acids is 1. The van der Waals surface area contributed by atoms with E-state index < -0.39 is 49.5 Å². The number of carboxylic acids is 2. The van der Waals surface area contributed by atoms with Crippen LogP contribution in [0.25, 0.3) is 0 Å². The Labute approximate surface area is 160 Å². The molecule has 0 aliphatic carbocycles. The van der Waals surface area contributed by atoms with Crippen LogP contribution in [-0.4, -0.2) is 51.7 Å². The fourth-order valence-electron chi connectivity index (χ4n) is 2.69. The average Bonchev–Trinajstić information content (AvgIpc) is 3.05. The number of hydrogen-bond acceptors (Lipinski definition) is 6. The largest absolute Gasteiger partial charge is 0.481 e. The third kappa shape index (κ3) is 5.97. The van der Waals surface area contributed by atoms with E-state index in [0.29, 0.717) is 17.1 Å². The Balaban J connectivity index is 1.94. The van der Waals surface area contributed by atoms with Crippen LogP contribution in [0.15, 0.2) is 18.2 Å². The molecule has 28 heavy (non-hydrogen) atoms. The molecule has 10 nitrogen and oxygen atoms in total. The Morgan fingerprint density at radius 2 is 1.89 bits per heavy atom. The molecular formula is C17H22NO9P. The van der Waals surface area contributed by atoms with Crippen molar-refractivity contribution in [1.29, 1.82) is 0 Å². The maximum atomic E-state index is 12.5. The van der Waals surface area contributed by atoms with Crippen molar-refractivity contribution < 1.29 is 43.5 Å². The van der Waals surface area contributed by atoms with Gasteiger partial charge >= 0.3 is 11.9 Å². The summed E-state index contributed by atoms with van der Waals surface area (Å²) in [7, 11) is -4.08. The number of nitrogens with one attached hydrogen (secondary N) is 1. The van der Waals surface area contributed by atoms with Gasteiger partial charge in [0.25, 0.3) is 0 Å². The lowest BCUT2D eigenvalue weighted by molar-refractivity contribution is -0.142. The predicted octanol–water partition coefficient (Wildman–Crippen LogP) is 1.26. The molecule has 1 aromatic rings. The number of rotatable bonds is 10. The molecule has 0 saturated carbocycles. The molecular weight excluding hydrogens is 393 g/mol. The molecule has 1 aliphatic heterocycles. The van der Waals surface area contributed by atoms with E-state index in [1.54, 1.807) is 18.2 Å². The van der Waals surface area contributed by atoms with E-state index in [1.165, 1.54) is 6.92 Å². The number of hydrogen-bond donors (Lipinski definition) is 4. The minimum absolute atomic E-state index is 0.0671. The van der Waals surface area contributed by atoms with Crippen molar-refractivity contribution >= 4 is 25.2 Å². The second-order valence-electron chi connectivity index (χ2n) is 6.51. The summed E-state index contributed by atoms with van der Waals surface area (Å²) in [4.78, 5) is 44.2. The fourth-order valence-corrected chi connectivity index (χ4v) is 4.32. The van der Waals surface area contributed by atoms with E-state index in [2.05, 4.69) is 5.32 Å². The van der Waals surface area contributed by atoms with Crippen molar-refractivity contribution in [1.82, 2.24) is 5.32 Å². The number of aliphatic carboxylic acids is 2. The monoisotopic (exact) mass is 415 g/mol. The molecule has 0 fully saturated rings. The summed E-state index contributed by atoms with van der Waals surface area (Å²) in [5.41, 5.74) is 0.617. The van der Waals surface area contributed by atoms with Crippen LogP contribution in [0.3, 0.4) is 0 Å². The summed E-state index contributed by atoms with van der Waals surface area (Å²) in [6.45, 7) is 1.41. The number of fused-ring (bicyclic) bond motifs is 1. The standard InChI is InChI=1S/C17H22NO9P/c1-10(28(24,25)8-12(17(22)23)3-5-16(20)21)18-15(19)7-11-2-4-13-14(6-11)27-9-26-13/h2,4,6,10,12H,3,5,7-9H2,1H3,(H,18,19)(H,20,21)(H,22,23)(H,24,25). The first kappa shape index (κ1) is 21.7. The lowest BCUT2D eigenvalue weighted by Crippen LogP contribution is -2.35. The summed E-state index contributed by atoms with van der Waals surface area (Å²) >= 11 is 0. The van der Waals surface area contributed by atoms with E-state index in [1.807, 2.05) is 0 Å². The van der Waals surface area contributed by atoms with Crippen LogP contribution in [-0.2, 0) is 25.4 Å². The van der Waals surface area contributed by atoms with Gasteiger partial charge in [0.15, 0.2) is 11.5 Å². The molecule has 0 spiro atoms. The number of carbonyl (C=O) groups is 3. The van der Waals surface area contributed by atoms with E-state index >= 15 is 0 Å². The van der Waals surface area contributed by atoms with Gasteiger partial charge in [0, 0.05) is 12.6 Å². The SMILES string of the molecule is CC(NC(=O)Cc1ccc2c(c1)OCO2)P(=O)(O)CC(CCC(=O)O)C(=O)O. The average molecular weight is 415 g/mol. The fraction of sp³-hybridized carbons (Fsp3) is 0.471. The van der Waals surface area contributed by atoms with Crippen molar-refractivity contribution in [3.8, 4) is 11.5 Å². The summed E-state index contributed by atoms with van der Waals surface area (Å²) in [6.07, 6.45) is -1.39. The second-order valence-corrected chi connectivity index (χ2v) is 9.16.